The third-order valence-corrected chi connectivity index (χ3v) is 4.47. The molecule has 2 aromatic rings. The van der Waals surface area contributed by atoms with Crippen molar-refractivity contribution in [2.45, 2.75) is 18.4 Å². The summed E-state index contributed by atoms with van der Waals surface area (Å²) in [6.45, 7) is 0.643. The lowest BCUT2D eigenvalue weighted by Crippen LogP contribution is -2.43. The highest BCUT2D eigenvalue weighted by atomic mass is 79.9. The molecule has 3 rings (SSSR count). The Morgan fingerprint density at radius 1 is 1.29 bits per heavy atom. The van der Waals surface area contributed by atoms with Crippen LogP contribution < -0.4 is 15.2 Å². The van der Waals surface area contributed by atoms with Crippen LogP contribution >= 0.6 is 15.9 Å². The minimum atomic E-state index is -0.428. The first-order valence-electron chi connectivity index (χ1n) is 6.96. The summed E-state index contributed by atoms with van der Waals surface area (Å²) in [7, 11) is 1.69. The Kier molecular flexibility index (Phi) is 3.91. The van der Waals surface area contributed by atoms with Gasteiger partial charge in [-0.3, -0.25) is 0 Å². The van der Waals surface area contributed by atoms with Crippen molar-refractivity contribution in [3.63, 3.8) is 0 Å². The molecule has 110 valence electrons. The van der Waals surface area contributed by atoms with E-state index >= 15 is 0 Å². The minimum absolute atomic E-state index is 0.428. The predicted octanol–water partition coefficient (Wildman–Crippen LogP) is 3.64. The number of methoxy groups -OCH3 is 1. The molecule has 3 nitrogen and oxygen atoms in total. The molecule has 0 spiro atoms. The first-order chi connectivity index (χ1) is 10.1. The average molecular weight is 348 g/mol. The van der Waals surface area contributed by atoms with Crippen molar-refractivity contribution in [3.05, 3.63) is 58.1 Å². The van der Waals surface area contributed by atoms with Gasteiger partial charge in [0, 0.05) is 16.5 Å². The quantitative estimate of drug-likeness (QED) is 0.921. The van der Waals surface area contributed by atoms with Crippen LogP contribution in [0, 0.1) is 0 Å². The van der Waals surface area contributed by atoms with Crippen molar-refractivity contribution in [3.8, 4) is 11.5 Å². The van der Waals surface area contributed by atoms with E-state index in [-0.39, 0.29) is 0 Å². The lowest BCUT2D eigenvalue weighted by atomic mass is 9.80. The summed E-state index contributed by atoms with van der Waals surface area (Å²) in [5.41, 5.74) is 8.47. The van der Waals surface area contributed by atoms with Gasteiger partial charge in [-0.1, -0.05) is 34.1 Å². The zero-order chi connectivity index (χ0) is 14.9. The fourth-order valence-electron chi connectivity index (χ4n) is 2.89. The van der Waals surface area contributed by atoms with Gasteiger partial charge in [-0.2, -0.15) is 0 Å². The Balaban J connectivity index is 2.00. The van der Waals surface area contributed by atoms with Crippen molar-refractivity contribution in [1.82, 2.24) is 0 Å². The first-order valence-corrected chi connectivity index (χ1v) is 7.75. The molecule has 1 atom stereocenters. The van der Waals surface area contributed by atoms with Gasteiger partial charge in [0.2, 0.25) is 0 Å². The summed E-state index contributed by atoms with van der Waals surface area (Å²) < 4.78 is 12.2. The van der Waals surface area contributed by atoms with E-state index in [1.807, 2.05) is 30.3 Å². The number of rotatable bonds is 3. The monoisotopic (exact) mass is 347 g/mol. The molecule has 2 aromatic carbocycles. The summed E-state index contributed by atoms with van der Waals surface area (Å²) in [5, 5.41) is 0. The second-order valence-corrected chi connectivity index (χ2v) is 6.30. The van der Waals surface area contributed by atoms with Gasteiger partial charge in [-0.15, -0.1) is 0 Å². The average Bonchev–Trinajstić information content (AvgIpc) is 2.48. The fraction of sp³-hybridized carbons (Fsp3) is 0.294. The van der Waals surface area contributed by atoms with Crippen LogP contribution in [-0.2, 0) is 12.0 Å². The Hall–Kier alpha value is -1.52. The molecule has 0 aliphatic carbocycles. The predicted molar refractivity (Wildman–Crippen MR) is 86.8 cm³/mol. The van der Waals surface area contributed by atoms with Crippen LogP contribution in [0.4, 0.5) is 0 Å². The van der Waals surface area contributed by atoms with Crippen molar-refractivity contribution in [1.29, 1.82) is 0 Å². The highest BCUT2D eigenvalue weighted by molar-refractivity contribution is 9.10. The first kappa shape index (κ1) is 14.4. The van der Waals surface area contributed by atoms with Crippen molar-refractivity contribution in [2.24, 2.45) is 5.73 Å². The maximum Gasteiger partial charge on any atom is 0.124 e. The number of hydrogen-bond acceptors (Lipinski definition) is 3. The van der Waals surface area contributed by atoms with E-state index in [0.29, 0.717) is 6.61 Å². The molecular weight excluding hydrogens is 330 g/mol. The van der Waals surface area contributed by atoms with Crippen LogP contribution in [0.25, 0.3) is 0 Å². The summed E-state index contributed by atoms with van der Waals surface area (Å²) in [4.78, 5) is 0. The molecule has 1 aliphatic rings. The van der Waals surface area contributed by atoms with E-state index in [4.69, 9.17) is 15.2 Å². The molecule has 2 N–H and O–H groups in total. The highest BCUT2D eigenvalue weighted by Crippen LogP contribution is 2.39. The van der Waals surface area contributed by atoms with Gasteiger partial charge in [0.15, 0.2) is 0 Å². The molecular formula is C17H18BrNO2. The van der Waals surface area contributed by atoms with Gasteiger partial charge in [0.1, 0.15) is 11.5 Å². The van der Waals surface area contributed by atoms with Gasteiger partial charge in [0.25, 0.3) is 0 Å². The van der Waals surface area contributed by atoms with Crippen molar-refractivity contribution in [2.75, 3.05) is 13.7 Å². The molecule has 21 heavy (non-hydrogen) atoms. The minimum Gasteiger partial charge on any atom is -0.496 e. The lowest BCUT2D eigenvalue weighted by molar-refractivity contribution is 0.214. The van der Waals surface area contributed by atoms with Gasteiger partial charge >= 0.3 is 0 Å². The number of halogens is 1. The van der Waals surface area contributed by atoms with E-state index in [2.05, 4.69) is 28.1 Å². The smallest absolute Gasteiger partial charge is 0.124 e. The number of benzene rings is 2. The summed E-state index contributed by atoms with van der Waals surface area (Å²) in [5.74, 6) is 1.76. The highest BCUT2D eigenvalue weighted by Gasteiger charge is 2.34. The van der Waals surface area contributed by atoms with Crippen LogP contribution in [0.5, 0.6) is 11.5 Å². The summed E-state index contributed by atoms with van der Waals surface area (Å²) in [6, 6.07) is 14.0. The molecule has 0 saturated heterocycles. The normalized spacial score (nSPS) is 20.5. The maximum atomic E-state index is 6.73. The molecule has 1 heterocycles. The van der Waals surface area contributed by atoms with Gasteiger partial charge < -0.3 is 15.2 Å². The lowest BCUT2D eigenvalue weighted by Gasteiger charge is -2.36. The molecule has 0 fully saturated rings. The van der Waals surface area contributed by atoms with Crippen LogP contribution in [0.3, 0.4) is 0 Å². The van der Waals surface area contributed by atoms with Crippen LogP contribution in [0.2, 0.25) is 0 Å². The number of ether oxygens (including phenoxy) is 2. The molecule has 0 bridgehead atoms. The Morgan fingerprint density at radius 3 is 2.90 bits per heavy atom. The summed E-state index contributed by atoms with van der Waals surface area (Å²) in [6.07, 6.45) is 1.51. The second kappa shape index (κ2) is 5.70. The Bertz CT molecular complexity index is 659. The molecule has 0 saturated carbocycles. The SMILES string of the molecule is COc1ccc(Br)cc1CC1(N)CCOc2ccccc21. The van der Waals surface area contributed by atoms with Crippen molar-refractivity contribution < 1.29 is 9.47 Å². The van der Waals surface area contributed by atoms with E-state index in [0.717, 1.165) is 39.9 Å². The van der Waals surface area contributed by atoms with Crippen LogP contribution in [-0.4, -0.2) is 13.7 Å². The number of fused-ring (bicyclic) bond motifs is 1. The van der Waals surface area contributed by atoms with Crippen LogP contribution in [0.1, 0.15) is 17.5 Å². The largest absolute Gasteiger partial charge is 0.496 e. The van der Waals surface area contributed by atoms with Gasteiger partial charge in [-0.25, -0.2) is 0 Å². The fourth-order valence-corrected chi connectivity index (χ4v) is 3.30. The Morgan fingerprint density at radius 2 is 2.10 bits per heavy atom. The molecule has 0 aromatic heterocycles. The number of para-hydroxylation sites is 1. The van der Waals surface area contributed by atoms with Crippen molar-refractivity contribution >= 4 is 15.9 Å². The molecule has 1 unspecified atom stereocenters. The van der Waals surface area contributed by atoms with E-state index in [9.17, 15) is 0 Å². The molecule has 4 heteroatoms. The molecule has 1 aliphatic heterocycles. The van der Waals surface area contributed by atoms with Gasteiger partial charge in [-0.05, 0) is 36.2 Å². The van der Waals surface area contributed by atoms with Crippen LogP contribution in [0.15, 0.2) is 46.9 Å². The Labute approximate surface area is 133 Å². The van der Waals surface area contributed by atoms with E-state index < -0.39 is 5.54 Å². The summed E-state index contributed by atoms with van der Waals surface area (Å²) >= 11 is 3.52. The van der Waals surface area contributed by atoms with Gasteiger partial charge in [0.05, 0.1) is 19.3 Å². The third kappa shape index (κ3) is 2.78. The van der Waals surface area contributed by atoms with E-state index in [1.165, 1.54) is 0 Å². The molecule has 0 amide bonds. The zero-order valence-corrected chi connectivity index (χ0v) is 13.5. The molecule has 0 radical (unpaired) electrons. The van der Waals surface area contributed by atoms with E-state index in [1.54, 1.807) is 7.11 Å². The second-order valence-electron chi connectivity index (χ2n) is 5.38. The number of hydrogen-bond donors (Lipinski definition) is 1. The topological polar surface area (TPSA) is 44.5 Å². The maximum absolute atomic E-state index is 6.73. The third-order valence-electron chi connectivity index (χ3n) is 3.98. The number of nitrogens with two attached hydrogens (primary N) is 1. The zero-order valence-electron chi connectivity index (χ0n) is 11.9. The standard InChI is InChI=1S/C17H18BrNO2/c1-20-15-7-6-13(18)10-12(15)11-17(19)8-9-21-16-5-3-2-4-14(16)17/h2-7,10H,8-9,11,19H2,1H3.